The second kappa shape index (κ2) is 7.02. The van der Waals surface area contributed by atoms with Crippen molar-refractivity contribution in [2.75, 3.05) is 0 Å². The summed E-state index contributed by atoms with van der Waals surface area (Å²) in [7, 11) is 0. The van der Waals surface area contributed by atoms with Crippen molar-refractivity contribution >= 4 is 11.6 Å². The molecule has 5 aliphatic carbocycles. The van der Waals surface area contributed by atoms with Crippen molar-refractivity contribution in [1.82, 2.24) is 0 Å². The lowest BCUT2D eigenvalue weighted by atomic mass is 9.47. The lowest BCUT2D eigenvalue weighted by Gasteiger charge is -2.58. The van der Waals surface area contributed by atoms with Gasteiger partial charge in [0.25, 0.3) is 0 Å². The summed E-state index contributed by atoms with van der Waals surface area (Å²) in [5.41, 5.74) is 3.55. The summed E-state index contributed by atoms with van der Waals surface area (Å²) in [4.78, 5) is 0. The van der Waals surface area contributed by atoms with Crippen LogP contribution >= 0.6 is 11.6 Å². The van der Waals surface area contributed by atoms with Gasteiger partial charge in [-0.1, -0.05) is 59.1 Å². The molecule has 3 unspecified atom stereocenters. The van der Waals surface area contributed by atoms with Crippen molar-refractivity contribution in [3.05, 3.63) is 11.6 Å². The van der Waals surface area contributed by atoms with E-state index in [0.29, 0.717) is 21.6 Å². The fraction of sp³-hybridized carbons (Fsp3) is 0.929. The molecule has 5 aliphatic rings. The van der Waals surface area contributed by atoms with Crippen LogP contribution in [0.1, 0.15) is 105 Å². The molecule has 1 spiro atoms. The Morgan fingerprint density at radius 3 is 2.59 bits per heavy atom. The van der Waals surface area contributed by atoms with Crippen LogP contribution in [0.5, 0.6) is 0 Å². The Bertz CT molecular complexity index is 678. The molecule has 0 bridgehead atoms. The van der Waals surface area contributed by atoms with Gasteiger partial charge in [-0.05, 0) is 110 Å². The van der Waals surface area contributed by atoms with Crippen molar-refractivity contribution in [2.24, 2.45) is 51.8 Å². The second-order valence-electron chi connectivity index (χ2n) is 12.9. The van der Waals surface area contributed by atoms with E-state index in [4.69, 9.17) is 11.6 Å². The molecule has 0 N–H and O–H groups in total. The van der Waals surface area contributed by atoms with Gasteiger partial charge in [0, 0.05) is 5.38 Å². The van der Waals surface area contributed by atoms with E-state index in [1.54, 1.807) is 12.0 Å². The van der Waals surface area contributed by atoms with Crippen LogP contribution in [0.4, 0.5) is 0 Å². The third kappa shape index (κ3) is 2.82. The zero-order chi connectivity index (χ0) is 20.6. The highest BCUT2D eigenvalue weighted by atomic mass is 35.5. The predicted molar refractivity (Wildman–Crippen MR) is 125 cm³/mol. The summed E-state index contributed by atoms with van der Waals surface area (Å²) in [6.45, 7) is 12.8. The van der Waals surface area contributed by atoms with E-state index in [1.165, 1.54) is 64.2 Å². The average molecular weight is 417 g/mol. The maximum atomic E-state index is 6.58. The first kappa shape index (κ1) is 20.9. The molecule has 164 valence electrons. The van der Waals surface area contributed by atoms with Gasteiger partial charge in [-0.2, -0.15) is 0 Å². The van der Waals surface area contributed by atoms with Gasteiger partial charge >= 0.3 is 0 Å². The summed E-state index contributed by atoms with van der Waals surface area (Å²) in [6.07, 6.45) is 18.3. The van der Waals surface area contributed by atoms with Gasteiger partial charge in [0.1, 0.15) is 0 Å². The molecule has 0 radical (unpaired) electrons. The third-order valence-electron chi connectivity index (χ3n) is 11.6. The summed E-state index contributed by atoms with van der Waals surface area (Å²) in [5, 5.41) is 0.397. The van der Waals surface area contributed by atoms with E-state index in [-0.39, 0.29) is 0 Å². The van der Waals surface area contributed by atoms with Crippen LogP contribution < -0.4 is 0 Å². The van der Waals surface area contributed by atoms with Gasteiger partial charge in [0.15, 0.2) is 0 Å². The van der Waals surface area contributed by atoms with Crippen LogP contribution in [-0.2, 0) is 0 Å². The summed E-state index contributed by atoms with van der Waals surface area (Å²) in [5.74, 6) is 5.77. The van der Waals surface area contributed by atoms with Gasteiger partial charge in [-0.15, -0.1) is 11.6 Å². The highest BCUT2D eigenvalue weighted by molar-refractivity contribution is 6.20. The van der Waals surface area contributed by atoms with Gasteiger partial charge in [-0.3, -0.25) is 0 Å². The van der Waals surface area contributed by atoms with Crippen LogP contribution in [-0.4, -0.2) is 5.38 Å². The van der Waals surface area contributed by atoms with Crippen LogP contribution in [0.3, 0.4) is 0 Å². The van der Waals surface area contributed by atoms with Gasteiger partial charge in [-0.25, -0.2) is 0 Å². The molecule has 29 heavy (non-hydrogen) atoms. The molecule has 4 saturated carbocycles. The maximum Gasteiger partial charge on any atom is 0.0373 e. The van der Waals surface area contributed by atoms with Gasteiger partial charge in [0.2, 0.25) is 0 Å². The highest BCUT2D eigenvalue weighted by Gasteiger charge is 2.75. The maximum absolute atomic E-state index is 6.58. The minimum absolute atomic E-state index is 0.397. The van der Waals surface area contributed by atoms with Gasteiger partial charge in [0.05, 0.1) is 0 Å². The van der Waals surface area contributed by atoms with E-state index in [2.05, 4.69) is 40.7 Å². The minimum Gasteiger partial charge on any atom is -0.123 e. The average Bonchev–Trinajstić information content (AvgIpc) is 3.10. The smallest absolute Gasteiger partial charge is 0.0373 e. The lowest BCUT2D eigenvalue weighted by Crippen LogP contribution is -2.50. The number of rotatable bonds is 4. The first-order chi connectivity index (χ1) is 13.7. The van der Waals surface area contributed by atoms with Crippen molar-refractivity contribution in [2.45, 2.75) is 111 Å². The first-order valence-electron chi connectivity index (χ1n) is 13.1. The Morgan fingerprint density at radius 2 is 1.83 bits per heavy atom. The van der Waals surface area contributed by atoms with Crippen LogP contribution in [0, 0.1) is 51.8 Å². The normalized spacial score (nSPS) is 53.4. The fourth-order valence-corrected chi connectivity index (χ4v) is 10.3. The molecular formula is C28H45Cl. The fourth-order valence-electron chi connectivity index (χ4n) is 10.1. The molecule has 0 heterocycles. The van der Waals surface area contributed by atoms with Crippen molar-refractivity contribution in [3.63, 3.8) is 0 Å². The molecule has 1 heteroatoms. The third-order valence-corrected chi connectivity index (χ3v) is 12.0. The Morgan fingerprint density at radius 1 is 1.07 bits per heavy atom. The van der Waals surface area contributed by atoms with E-state index in [1.807, 2.05) is 0 Å². The lowest BCUT2D eigenvalue weighted by molar-refractivity contribution is -0.0521. The van der Waals surface area contributed by atoms with Crippen LogP contribution in [0.25, 0.3) is 0 Å². The van der Waals surface area contributed by atoms with Crippen LogP contribution in [0.2, 0.25) is 0 Å². The van der Waals surface area contributed by atoms with E-state index >= 15 is 0 Å². The molecule has 0 aromatic carbocycles. The Balaban J connectivity index is 1.37. The Labute approximate surface area is 185 Å². The van der Waals surface area contributed by atoms with Gasteiger partial charge < -0.3 is 0 Å². The molecule has 0 aromatic rings. The molecule has 0 aliphatic heterocycles. The van der Waals surface area contributed by atoms with Crippen molar-refractivity contribution in [1.29, 1.82) is 0 Å². The van der Waals surface area contributed by atoms with Crippen molar-refractivity contribution < 1.29 is 0 Å². The van der Waals surface area contributed by atoms with E-state index in [0.717, 1.165) is 35.5 Å². The predicted octanol–water partition coefficient (Wildman–Crippen LogP) is 8.64. The quantitative estimate of drug-likeness (QED) is 0.317. The molecule has 5 rings (SSSR count). The molecule has 0 saturated heterocycles. The topological polar surface area (TPSA) is 0 Å². The summed E-state index contributed by atoms with van der Waals surface area (Å²) < 4.78 is 0. The monoisotopic (exact) mass is 416 g/mol. The standard InChI is InChI=1S/C28H45Cl/c1-18(2)7-6-8-23-19(3)28(23)16-13-25-22-10-9-20-17-21(29)11-14-26(20,4)24(22)12-15-27(25,28)5/h9,18-19,21-25H,6-8,10-17H2,1-5H3/t19?,21-,22+,23?,24-,25-,26-,27?,28-/m0/s1. The molecule has 9 atom stereocenters. The molecular weight excluding hydrogens is 372 g/mol. The first-order valence-corrected chi connectivity index (χ1v) is 13.5. The molecule has 0 nitrogen and oxygen atoms in total. The van der Waals surface area contributed by atoms with Crippen LogP contribution in [0.15, 0.2) is 11.6 Å². The van der Waals surface area contributed by atoms with E-state index < -0.39 is 0 Å². The Hall–Kier alpha value is 0.0300. The zero-order valence-electron chi connectivity index (χ0n) is 19.8. The highest BCUT2D eigenvalue weighted by Crippen LogP contribution is 2.82. The number of hydrogen-bond acceptors (Lipinski definition) is 0. The number of hydrogen-bond donors (Lipinski definition) is 0. The molecule has 4 fully saturated rings. The molecule has 0 aromatic heterocycles. The largest absolute Gasteiger partial charge is 0.123 e. The van der Waals surface area contributed by atoms with Crippen molar-refractivity contribution in [3.8, 4) is 0 Å². The summed E-state index contributed by atoms with van der Waals surface area (Å²) in [6, 6.07) is 0. The minimum atomic E-state index is 0.397. The summed E-state index contributed by atoms with van der Waals surface area (Å²) >= 11 is 6.58. The molecule has 0 amide bonds. The Kier molecular flexibility index (Phi) is 5.06. The number of fused-ring (bicyclic) bond motifs is 6. The number of allylic oxidation sites excluding steroid dienone is 2. The second-order valence-corrected chi connectivity index (χ2v) is 13.5. The number of alkyl halides is 1. The van der Waals surface area contributed by atoms with E-state index in [9.17, 15) is 0 Å². The number of halogens is 1. The zero-order valence-corrected chi connectivity index (χ0v) is 20.5. The SMILES string of the molecule is CC(C)CCCC1C(C)[C@@]12CC[C@H]1[C@@H]3CC=C4C[C@@H](Cl)CC[C@]4(C)[C@H]3CCC12C.